The summed E-state index contributed by atoms with van der Waals surface area (Å²) in [6.45, 7) is 13.1. The van der Waals surface area contributed by atoms with Crippen LogP contribution in [0.1, 0.15) is 102 Å². The zero-order valence-corrected chi connectivity index (χ0v) is 44.6. The van der Waals surface area contributed by atoms with E-state index in [1.807, 2.05) is 46.2 Å². The van der Waals surface area contributed by atoms with Crippen LogP contribution in [0.2, 0.25) is 0 Å². The standard InChI is InChI=1S/C74H62N4/c1-73(2,3)49-35-39-63(57(43-49)47-23-11-7-12-24-47)75(51-27-15-9-16-28-51)65-41-37-53-59-45-68-60(46-67(59)77-61-33-21-19-31-55(61)69(65)71(53)77)54-38-42-66(70-56-32-20-22-34-62(56)78(68)72(54)70)76(52-29-17-10-18-30-52)64-40-36-50(74(4,5)6)44-58(64)48-25-13-8-14-26-48/h7-18,21-30,33-46H,19-20,31-32H2,1-6H3/i9D,10D,15D,16D,17D,18D,27D,28D,29D,30D. The summed E-state index contributed by atoms with van der Waals surface area (Å²) < 4.78 is 97.0. The summed E-state index contributed by atoms with van der Waals surface area (Å²) in [6, 6.07) is 42.2. The minimum atomic E-state index is -0.454. The minimum Gasteiger partial charge on any atom is -0.309 e. The molecule has 0 bridgehead atoms. The maximum absolute atomic E-state index is 9.64. The molecule has 4 aromatic heterocycles. The van der Waals surface area contributed by atoms with Crippen molar-refractivity contribution >= 4 is 101 Å². The van der Waals surface area contributed by atoms with Crippen molar-refractivity contribution in [1.29, 1.82) is 0 Å². The molecule has 9 aromatic carbocycles. The number of anilines is 6. The number of hydrogen-bond acceptors (Lipinski definition) is 2. The molecule has 4 heterocycles. The van der Waals surface area contributed by atoms with Crippen LogP contribution in [0.15, 0.2) is 206 Å². The number of benzene rings is 9. The topological polar surface area (TPSA) is 15.3 Å². The molecule has 0 amide bonds. The lowest BCUT2D eigenvalue weighted by atomic mass is 9.84. The van der Waals surface area contributed by atoms with Crippen molar-refractivity contribution in [2.24, 2.45) is 0 Å². The van der Waals surface area contributed by atoms with Gasteiger partial charge in [-0.05, 0) is 155 Å². The van der Waals surface area contributed by atoms with Crippen LogP contribution in [0.3, 0.4) is 0 Å². The van der Waals surface area contributed by atoms with Crippen molar-refractivity contribution in [3.8, 4) is 22.3 Å². The van der Waals surface area contributed by atoms with Gasteiger partial charge in [0.05, 0.1) is 58.5 Å². The molecule has 2 aliphatic carbocycles. The fourth-order valence-electron chi connectivity index (χ4n) is 12.9. The number of para-hydroxylation sites is 2. The van der Waals surface area contributed by atoms with Gasteiger partial charge in [0.25, 0.3) is 0 Å². The monoisotopic (exact) mass is 1020 g/mol. The van der Waals surface area contributed by atoms with Crippen LogP contribution in [0, 0.1) is 0 Å². The molecule has 0 fully saturated rings. The van der Waals surface area contributed by atoms with Crippen LogP contribution in [-0.2, 0) is 23.7 Å². The average Bonchev–Trinajstić information content (AvgIpc) is 1.52. The van der Waals surface area contributed by atoms with E-state index in [1.165, 1.54) is 0 Å². The Bertz CT molecular complexity index is 4800. The normalized spacial score (nSPS) is 15.5. The van der Waals surface area contributed by atoms with E-state index in [0.29, 0.717) is 22.7 Å². The van der Waals surface area contributed by atoms with Gasteiger partial charge in [-0.25, -0.2) is 0 Å². The molecule has 13 aromatic rings. The molecule has 0 aliphatic heterocycles. The molecule has 4 nitrogen and oxygen atoms in total. The van der Waals surface area contributed by atoms with Gasteiger partial charge >= 0.3 is 0 Å². The first-order chi connectivity index (χ1) is 42.1. The van der Waals surface area contributed by atoms with E-state index in [1.54, 1.807) is 0 Å². The van der Waals surface area contributed by atoms with Crippen molar-refractivity contribution in [3.05, 3.63) is 240 Å². The van der Waals surface area contributed by atoms with Gasteiger partial charge in [-0.2, -0.15) is 0 Å². The summed E-state index contributed by atoms with van der Waals surface area (Å²) in [5.74, 6) is 0. The molecule has 0 unspecified atom stereocenters. The third-order valence-corrected chi connectivity index (χ3v) is 16.6. The highest BCUT2D eigenvalue weighted by Gasteiger charge is 2.32. The molecular weight excluding hydrogens is 945 g/mol. The highest BCUT2D eigenvalue weighted by molar-refractivity contribution is 6.27. The van der Waals surface area contributed by atoms with Crippen molar-refractivity contribution in [1.82, 2.24) is 8.80 Å². The fraction of sp³-hybridized carbons (Fsp3) is 0.162. The van der Waals surface area contributed by atoms with E-state index < -0.39 is 36.3 Å². The first kappa shape index (κ1) is 37.0. The molecule has 378 valence electrons. The van der Waals surface area contributed by atoms with Gasteiger partial charge in [-0.1, -0.05) is 175 Å². The Kier molecular flexibility index (Phi) is 8.22. The lowest BCUT2D eigenvalue weighted by molar-refractivity contribution is 0.590. The van der Waals surface area contributed by atoms with Crippen molar-refractivity contribution in [3.63, 3.8) is 0 Å². The van der Waals surface area contributed by atoms with E-state index in [9.17, 15) is 5.48 Å². The Hall–Kier alpha value is -8.86. The van der Waals surface area contributed by atoms with Crippen molar-refractivity contribution in [2.45, 2.75) is 78.1 Å². The minimum absolute atomic E-state index is 0.0677. The van der Waals surface area contributed by atoms with Gasteiger partial charge in [0.2, 0.25) is 0 Å². The number of allylic oxidation sites excluding steroid dienone is 2. The molecule has 0 radical (unpaired) electrons. The van der Waals surface area contributed by atoms with Crippen LogP contribution >= 0.6 is 0 Å². The second-order valence-corrected chi connectivity index (χ2v) is 23.2. The second kappa shape index (κ2) is 17.3. The van der Waals surface area contributed by atoms with Crippen LogP contribution in [0.5, 0.6) is 0 Å². The summed E-state index contributed by atoms with van der Waals surface area (Å²) in [5.41, 5.74) is 16.5. The van der Waals surface area contributed by atoms with Gasteiger partial charge in [0, 0.05) is 66.2 Å². The predicted molar refractivity (Wildman–Crippen MR) is 333 cm³/mol. The maximum atomic E-state index is 9.64. The number of nitrogens with zero attached hydrogens (tertiary/aromatic N) is 4. The smallest absolute Gasteiger partial charge is 0.0645 e. The average molecular weight is 1020 g/mol. The molecule has 0 saturated carbocycles. The van der Waals surface area contributed by atoms with Gasteiger partial charge in [0.1, 0.15) is 0 Å². The predicted octanol–water partition coefficient (Wildman–Crippen LogP) is 20.5. The van der Waals surface area contributed by atoms with Crippen molar-refractivity contribution < 1.29 is 13.7 Å². The summed E-state index contributed by atoms with van der Waals surface area (Å²) in [7, 11) is 0. The van der Waals surface area contributed by atoms with Gasteiger partial charge in [0.15, 0.2) is 0 Å². The molecule has 0 saturated heterocycles. The molecular formula is C74H62N4. The van der Waals surface area contributed by atoms with E-state index in [-0.39, 0.29) is 46.4 Å². The quantitative estimate of drug-likeness (QED) is 0.151. The number of fused-ring (bicyclic) bond motifs is 12. The Labute approximate surface area is 471 Å². The number of hydrogen-bond donors (Lipinski definition) is 0. The second-order valence-electron chi connectivity index (χ2n) is 23.2. The SMILES string of the molecule is [2H]c1c([2H])c([2H])c(N(c2ccc(C(C)(C)C)cc2-c2ccccc2)c2ccc3c4cc5c(cc4n4c6c(c2c34)CCC=C6)c2ccc(N(c3ccc(C(C)(C)C)cc3-c3ccccc3)c3c([2H])c([2H])c([2H])c([2H])c3[2H])c3c4c(n5c32)C=CCC4)c([2H])c1[2H]. The van der Waals surface area contributed by atoms with Gasteiger partial charge in [-0.15, -0.1) is 0 Å². The lowest BCUT2D eigenvalue weighted by Crippen LogP contribution is -2.15. The Morgan fingerprint density at radius 1 is 0.423 bits per heavy atom. The van der Waals surface area contributed by atoms with E-state index in [2.05, 4.69) is 172 Å². The van der Waals surface area contributed by atoms with Crippen molar-refractivity contribution in [2.75, 3.05) is 9.80 Å². The molecule has 0 atom stereocenters. The first-order valence-corrected chi connectivity index (χ1v) is 27.2. The number of aryl methyl sites for hydroxylation is 2. The highest BCUT2D eigenvalue weighted by atomic mass is 15.2. The van der Waals surface area contributed by atoms with Crippen LogP contribution in [-0.4, -0.2) is 8.80 Å². The van der Waals surface area contributed by atoms with E-state index >= 15 is 0 Å². The van der Waals surface area contributed by atoms with Crippen LogP contribution < -0.4 is 9.80 Å². The number of rotatable bonds is 8. The van der Waals surface area contributed by atoms with Gasteiger partial charge < -0.3 is 18.6 Å². The zero-order chi connectivity index (χ0) is 61.3. The Morgan fingerprint density at radius 2 is 0.821 bits per heavy atom. The van der Waals surface area contributed by atoms with Gasteiger partial charge in [-0.3, -0.25) is 0 Å². The summed E-state index contributed by atoms with van der Waals surface area (Å²) in [5, 5.41) is 5.97. The number of aromatic nitrogens is 2. The third-order valence-electron chi connectivity index (χ3n) is 16.6. The molecule has 78 heavy (non-hydrogen) atoms. The Balaban J connectivity index is 1.03. The van der Waals surface area contributed by atoms with Crippen LogP contribution in [0.25, 0.3) is 88.8 Å². The summed E-state index contributed by atoms with van der Waals surface area (Å²) in [6.07, 6.45) is 11.9. The van der Waals surface area contributed by atoms with E-state index in [4.69, 9.17) is 8.22 Å². The third kappa shape index (κ3) is 6.98. The molecule has 0 N–H and O–H groups in total. The first-order valence-electron chi connectivity index (χ1n) is 32.2. The Morgan fingerprint density at radius 3 is 1.22 bits per heavy atom. The zero-order valence-electron chi connectivity index (χ0n) is 54.6. The summed E-state index contributed by atoms with van der Waals surface area (Å²) in [4.78, 5) is 3.86. The highest BCUT2D eigenvalue weighted by Crippen LogP contribution is 2.54. The lowest BCUT2D eigenvalue weighted by Gasteiger charge is -2.30. The maximum Gasteiger partial charge on any atom is 0.0645 e. The molecule has 15 rings (SSSR count). The molecule has 2 aliphatic rings. The fourth-order valence-corrected chi connectivity index (χ4v) is 12.9. The largest absolute Gasteiger partial charge is 0.309 e. The molecule has 0 spiro atoms. The molecule has 4 heteroatoms. The summed E-state index contributed by atoms with van der Waals surface area (Å²) >= 11 is 0. The van der Waals surface area contributed by atoms with E-state index in [0.717, 1.165) is 136 Å². The van der Waals surface area contributed by atoms with Crippen LogP contribution in [0.4, 0.5) is 34.1 Å².